The van der Waals surface area contributed by atoms with E-state index in [1.807, 2.05) is 26.0 Å². The van der Waals surface area contributed by atoms with Crippen molar-refractivity contribution < 1.29 is 9.00 Å². The van der Waals surface area contributed by atoms with Crippen molar-refractivity contribution in [2.75, 3.05) is 18.6 Å². The van der Waals surface area contributed by atoms with Gasteiger partial charge in [0.1, 0.15) is 0 Å². The topological polar surface area (TPSA) is 72.2 Å². The van der Waals surface area contributed by atoms with E-state index in [1.54, 1.807) is 12.3 Å². The minimum absolute atomic E-state index is 0.149. The summed E-state index contributed by atoms with van der Waals surface area (Å²) in [4.78, 5) is 12.3. The van der Waals surface area contributed by atoms with Crippen molar-refractivity contribution in [3.8, 4) is 11.8 Å². The highest BCUT2D eigenvalue weighted by Crippen LogP contribution is 2.11. The number of benzene rings is 1. The van der Waals surface area contributed by atoms with Crippen LogP contribution in [0.4, 0.5) is 0 Å². The molecule has 1 aromatic rings. The van der Waals surface area contributed by atoms with Crippen molar-refractivity contribution in [3.63, 3.8) is 0 Å². The summed E-state index contributed by atoms with van der Waals surface area (Å²) in [5.41, 5.74) is 7.53. The summed E-state index contributed by atoms with van der Waals surface area (Å²) >= 11 is 0. The number of hydrogen-bond donors (Lipinski definition) is 2. The maximum Gasteiger partial charge on any atom is 0.252 e. The van der Waals surface area contributed by atoms with Crippen LogP contribution in [-0.2, 0) is 10.8 Å². The van der Waals surface area contributed by atoms with Gasteiger partial charge in [-0.2, -0.15) is 0 Å². The fourth-order valence-electron chi connectivity index (χ4n) is 1.80. The summed E-state index contributed by atoms with van der Waals surface area (Å²) in [6.07, 6.45) is 1.62. The van der Waals surface area contributed by atoms with E-state index in [4.69, 9.17) is 5.73 Å². The van der Waals surface area contributed by atoms with E-state index < -0.39 is 10.8 Å². The van der Waals surface area contributed by atoms with Crippen molar-refractivity contribution in [1.29, 1.82) is 0 Å². The normalized spacial score (nSPS) is 13.0. The second-order valence-electron chi connectivity index (χ2n) is 4.67. The van der Waals surface area contributed by atoms with Crippen LogP contribution in [0.15, 0.2) is 18.2 Å². The van der Waals surface area contributed by atoms with Crippen molar-refractivity contribution in [1.82, 2.24) is 5.32 Å². The summed E-state index contributed by atoms with van der Waals surface area (Å²) < 4.78 is 11.2. The number of carbonyl (C=O) groups is 1. The van der Waals surface area contributed by atoms with Gasteiger partial charge in [0.05, 0.1) is 12.1 Å². The van der Waals surface area contributed by atoms with Crippen LogP contribution in [0, 0.1) is 18.8 Å². The molecule has 0 aliphatic rings. The molecule has 0 heterocycles. The highest BCUT2D eigenvalue weighted by molar-refractivity contribution is 7.84. The third-order valence-corrected chi connectivity index (χ3v) is 3.58. The van der Waals surface area contributed by atoms with E-state index in [0.717, 1.165) is 5.56 Å². The number of rotatable bonds is 4. The monoisotopic (exact) mass is 292 g/mol. The average Bonchev–Trinajstić information content (AvgIpc) is 2.36. The molecule has 0 fully saturated rings. The molecule has 1 amide bonds. The third kappa shape index (κ3) is 5.16. The van der Waals surface area contributed by atoms with E-state index in [-0.39, 0.29) is 18.5 Å². The fourth-order valence-corrected chi connectivity index (χ4v) is 2.58. The molecule has 2 atom stereocenters. The molecule has 0 bridgehead atoms. The number of hydrogen-bond acceptors (Lipinski definition) is 3. The summed E-state index contributed by atoms with van der Waals surface area (Å²) in [5.74, 6) is 5.88. The van der Waals surface area contributed by atoms with Crippen molar-refractivity contribution in [2.45, 2.75) is 19.9 Å². The molecule has 0 aromatic heterocycles. The zero-order valence-corrected chi connectivity index (χ0v) is 12.8. The summed E-state index contributed by atoms with van der Waals surface area (Å²) in [6.45, 7) is 4.00. The zero-order valence-electron chi connectivity index (χ0n) is 12.0. The smallest absolute Gasteiger partial charge is 0.252 e. The van der Waals surface area contributed by atoms with Crippen molar-refractivity contribution in [2.24, 2.45) is 5.73 Å². The average molecular weight is 292 g/mol. The molecule has 0 aliphatic heterocycles. The molecular formula is C15H20N2O2S. The lowest BCUT2D eigenvalue weighted by Crippen LogP contribution is -2.36. The number of aryl methyl sites for hydroxylation is 1. The van der Waals surface area contributed by atoms with Gasteiger partial charge in [0, 0.05) is 34.4 Å². The minimum atomic E-state index is -0.942. The highest BCUT2D eigenvalue weighted by atomic mass is 32.2. The lowest BCUT2D eigenvalue weighted by molar-refractivity contribution is 0.0943. The molecule has 20 heavy (non-hydrogen) atoms. The Bertz CT molecular complexity index is 573. The van der Waals surface area contributed by atoms with Gasteiger partial charge >= 0.3 is 0 Å². The van der Waals surface area contributed by atoms with Crippen LogP contribution < -0.4 is 11.1 Å². The van der Waals surface area contributed by atoms with Gasteiger partial charge < -0.3 is 11.1 Å². The first-order chi connectivity index (χ1) is 9.43. The molecule has 5 heteroatoms. The van der Waals surface area contributed by atoms with Crippen LogP contribution in [-0.4, -0.2) is 34.7 Å². The van der Waals surface area contributed by atoms with E-state index in [0.29, 0.717) is 16.9 Å². The molecule has 0 radical (unpaired) electrons. The first-order valence-electron chi connectivity index (χ1n) is 6.34. The number of nitrogens with one attached hydrogen (secondary N) is 1. The van der Waals surface area contributed by atoms with Gasteiger partial charge in [-0.1, -0.05) is 23.5 Å². The van der Waals surface area contributed by atoms with Gasteiger partial charge in [0.2, 0.25) is 0 Å². The summed E-state index contributed by atoms with van der Waals surface area (Å²) in [5, 5.41) is 2.84. The maximum absolute atomic E-state index is 12.3. The molecule has 3 N–H and O–H groups in total. The van der Waals surface area contributed by atoms with Crippen molar-refractivity contribution >= 4 is 16.7 Å². The molecule has 108 valence electrons. The molecule has 0 aliphatic carbocycles. The molecule has 0 saturated heterocycles. The molecule has 1 aromatic carbocycles. The second-order valence-corrected chi connectivity index (χ2v) is 6.15. The van der Waals surface area contributed by atoms with Gasteiger partial charge in [-0.05, 0) is 26.0 Å². The Morgan fingerprint density at radius 2 is 2.20 bits per heavy atom. The first kappa shape index (κ1) is 16.4. The zero-order chi connectivity index (χ0) is 15.1. The largest absolute Gasteiger partial charge is 0.349 e. The predicted molar refractivity (Wildman–Crippen MR) is 83.0 cm³/mol. The van der Waals surface area contributed by atoms with Gasteiger partial charge in [0.15, 0.2) is 0 Å². The third-order valence-electron chi connectivity index (χ3n) is 2.61. The molecule has 4 nitrogen and oxygen atoms in total. The Labute approximate surface area is 122 Å². The van der Waals surface area contributed by atoms with Crippen LogP contribution in [0.5, 0.6) is 0 Å². The Balaban J connectivity index is 2.96. The lowest BCUT2D eigenvalue weighted by Gasteiger charge is -2.13. The molecule has 0 saturated carbocycles. The van der Waals surface area contributed by atoms with Gasteiger partial charge in [-0.3, -0.25) is 9.00 Å². The molecular weight excluding hydrogens is 272 g/mol. The van der Waals surface area contributed by atoms with E-state index in [1.165, 1.54) is 0 Å². The van der Waals surface area contributed by atoms with E-state index in [9.17, 15) is 9.00 Å². The lowest BCUT2D eigenvalue weighted by atomic mass is 10.0. The Morgan fingerprint density at radius 3 is 2.80 bits per heavy atom. The number of amides is 1. The minimum Gasteiger partial charge on any atom is -0.349 e. The van der Waals surface area contributed by atoms with E-state index in [2.05, 4.69) is 17.2 Å². The van der Waals surface area contributed by atoms with Gasteiger partial charge in [0.25, 0.3) is 5.91 Å². The Kier molecular flexibility index (Phi) is 6.43. The van der Waals surface area contributed by atoms with Crippen LogP contribution in [0.25, 0.3) is 0 Å². The van der Waals surface area contributed by atoms with Crippen molar-refractivity contribution in [3.05, 3.63) is 34.9 Å². The highest BCUT2D eigenvalue weighted by Gasteiger charge is 2.14. The fraction of sp³-hybridized carbons (Fsp3) is 0.400. The maximum atomic E-state index is 12.3. The number of carbonyl (C=O) groups excluding carboxylic acids is 1. The SMILES string of the molecule is Cc1ccc(C#CCN)c(C(=O)NC(C)CS(C)=O)c1. The number of nitrogens with two attached hydrogens (primary N) is 1. The van der Waals surface area contributed by atoms with E-state index >= 15 is 0 Å². The quantitative estimate of drug-likeness (QED) is 0.806. The first-order valence-corrected chi connectivity index (χ1v) is 8.07. The van der Waals surface area contributed by atoms with Crippen LogP contribution in [0.2, 0.25) is 0 Å². The van der Waals surface area contributed by atoms with Gasteiger partial charge in [-0.25, -0.2) is 0 Å². The van der Waals surface area contributed by atoms with Crippen LogP contribution in [0.3, 0.4) is 0 Å². The van der Waals surface area contributed by atoms with Crippen LogP contribution >= 0.6 is 0 Å². The molecule has 2 unspecified atom stereocenters. The second kappa shape index (κ2) is 7.83. The Morgan fingerprint density at radius 1 is 1.50 bits per heavy atom. The molecule has 1 rings (SSSR count). The summed E-state index contributed by atoms with van der Waals surface area (Å²) in [6, 6.07) is 5.37. The van der Waals surface area contributed by atoms with Crippen LogP contribution in [0.1, 0.15) is 28.4 Å². The predicted octanol–water partition coefficient (Wildman–Crippen LogP) is 0.802. The summed E-state index contributed by atoms with van der Waals surface area (Å²) in [7, 11) is -0.942. The standard InChI is InChI=1S/C15H20N2O2S/c1-11-6-7-13(5-4-8-16)14(9-11)15(18)17-12(2)10-20(3)19/h6-7,9,12H,8,10,16H2,1-3H3,(H,17,18). The Hall–Kier alpha value is -1.64. The molecule has 0 spiro atoms. The van der Waals surface area contributed by atoms with Gasteiger partial charge in [-0.15, -0.1) is 0 Å².